The van der Waals surface area contributed by atoms with Crippen molar-refractivity contribution in [3.63, 3.8) is 0 Å². The van der Waals surface area contributed by atoms with E-state index in [-0.39, 0.29) is 23.0 Å². The van der Waals surface area contributed by atoms with Crippen LogP contribution in [0, 0.1) is 34.5 Å². The molecule has 3 saturated carbocycles. The minimum atomic E-state index is -0.877. The quantitative estimate of drug-likeness (QED) is 0.549. The zero-order valence-corrected chi connectivity index (χ0v) is 19.2. The van der Waals surface area contributed by atoms with Crippen molar-refractivity contribution in [1.29, 1.82) is 0 Å². The molecule has 0 bridgehead atoms. The van der Waals surface area contributed by atoms with Gasteiger partial charge < -0.3 is 10.2 Å². The highest BCUT2D eigenvalue weighted by Crippen LogP contribution is 2.69. The van der Waals surface area contributed by atoms with E-state index in [1.165, 1.54) is 5.57 Å². The topological polar surface area (TPSA) is 74.6 Å². The van der Waals surface area contributed by atoms with Gasteiger partial charge in [-0.25, -0.2) is 0 Å². The van der Waals surface area contributed by atoms with Gasteiger partial charge in [-0.3, -0.25) is 9.59 Å². The maximum absolute atomic E-state index is 12.2. The number of aliphatic carboxylic acids is 1. The monoisotopic (exact) mass is 436 g/mol. The van der Waals surface area contributed by atoms with E-state index in [1.54, 1.807) is 0 Å². The Hall–Kier alpha value is -0.870. The highest BCUT2D eigenvalue weighted by molar-refractivity contribution is 6.17. The first-order valence-electron chi connectivity index (χ1n) is 11.9. The smallest absolute Gasteiger partial charge is 0.303 e. The summed E-state index contributed by atoms with van der Waals surface area (Å²) in [5, 5.41) is 20.9. The average molecular weight is 437 g/mol. The highest BCUT2D eigenvalue weighted by atomic mass is 35.5. The highest BCUT2D eigenvalue weighted by Gasteiger charge is 2.65. The molecule has 0 aromatic rings. The van der Waals surface area contributed by atoms with Gasteiger partial charge in [0.1, 0.15) is 0 Å². The van der Waals surface area contributed by atoms with Crippen LogP contribution in [0.1, 0.15) is 84.5 Å². The number of halogens is 1. The molecule has 5 heteroatoms. The number of hydrogen-bond acceptors (Lipinski definition) is 3. The first-order valence-corrected chi connectivity index (χ1v) is 12.4. The number of carbonyl (C=O) groups is 2. The number of fused-ring (bicyclic) bond motifs is 5. The van der Waals surface area contributed by atoms with Crippen LogP contribution in [-0.2, 0) is 9.59 Å². The van der Waals surface area contributed by atoms with Gasteiger partial charge in [-0.05, 0) is 98.4 Å². The number of carbonyl (C=O) groups excluding carboxylic acids is 1. The number of carboxylic acids is 1. The SMILES string of the molecule is C[C@]12CCC(=O)C=C1C[C@@H](CCCCl)[C@@H]1[C@@H]2CC[C@@]2(C)[C@H]1CC[C@@]2(O)CCC(=O)O. The Bertz CT molecular complexity index is 747. The van der Waals surface area contributed by atoms with Gasteiger partial charge in [0.15, 0.2) is 5.78 Å². The molecule has 0 aliphatic heterocycles. The molecule has 0 saturated heterocycles. The van der Waals surface area contributed by atoms with Crippen molar-refractivity contribution in [2.24, 2.45) is 34.5 Å². The van der Waals surface area contributed by atoms with E-state index in [4.69, 9.17) is 11.6 Å². The van der Waals surface area contributed by atoms with Gasteiger partial charge in [0, 0.05) is 18.7 Å². The molecule has 0 radical (unpaired) electrons. The average Bonchev–Trinajstić information content (AvgIpc) is 2.97. The minimum Gasteiger partial charge on any atom is -0.481 e. The molecule has 30 heavy (non-hydrogen) atoms. The number of ketones is 1. The van der Waals surface area contributed by atoms with Gasteiger partial charge >= 0.3 is 5.97 Å². The maximum atomic E-state index is 12.2. The van der Waals surface area contributed by atoms with Gasteiger partial charge in [0.25, 0.3) is 0 Å². The molecule has 4 nitrogen and oxygen atoms in total. The molecule has 7 atom stereocenters. The van der Waals surface area contributed by atoms with Gasteiger partial charge in [-0.1, -0.05) is 19.4 Å². The lowest BCUT2D eigenvalue weighted by Gasteiger charge is -2.61. The summed E-state index contributed by atoms with van der Waals surface area (Å²) in [6.07, 6.45) is 10.7. The molecule has 0 amide bonds. The number of alkyl halides is 1. The van der Waals surface area contributed by atoms with Crippen LogP contribution in [0.25, 0.3) is 0 Å². The van der Waals surface area contributed by atoms with Crippen LogP contribution >= 0.6 is 11.6 Å². The summed E-state index contributed by atoms with van der Waals surface area (Å²) in [5.74, 6) is 2.12. The lowest BCUT2D eigenvalue weighted by molar-refractivity contribution is -0.152. The normalized spacial score (nSPS) is 45.3. The van der Waals surface area contributed by atoms with Gasteiger partial charge in [-0.2, -0.15) is 0 Å². The minimum absolute atomic E-state index is 0.0370. The fourth-order valence-electron chi connectivity index (χ4n) is 8.17. The third kappa shape index (κ3) is 3.37. The second kappa shape index (κ2) is 7.92. The van der Waals surface area contributed by atoms with Crippen LogP contribution in [-0.4, -0.2) is 33.4 Å². The molecular weight excluding hydrogens is 400 g/mol. The number of carboxylic acid groups (broad SMARTS) is 1. The van der Waals surface area contributed by atoms with Crippen LogP contribution in [0.15, 0.2) is 11.6 Å². The molecule has 0 spiro atoms. The molecule has 4 rings (SSSR count). The second-order valence-corrected chi connectivity index (χ2v) is 11.4. The summed E-state index contributed by atoms with van der Waals surface area (Å²) in [4.78, 5) is 23.4. The lowest BCUT2D eigenvalue weighted by atomic mass is 9.43. The van der Waals surface area contributed by atoms with Gasteiger partial charge in [0.2, 0.25) is 0 Å². The Kier molecular flexibility index (Phi) is 5.89. The van der Waals surface area contributed by atoms with Gasteiger partial charge in [-0.15, -0.1) is 11.6 Å². The molecule has 0 heterocycles. The van der Waals surface area contributed by atoms with E-state index in [0.29, 0.717) is 48.8 Å². The van der Waals surface area contributed by atoms with Crippen LogP contribution in [0.5, 0.6) is 0 Å². The number of aliphatic hydroxyl groups is 1. The Morgan fingerprint density at radius 3 is 2.63 bits per heavy atom. The molecule has 0 unspecified atom stereocenters. The van der Waals surface area contributed by atoms with Crippen LogP contribution in [0.3, 0.4) is 0 Å². The van der Waals surface area contributed by atoms with E-state index >= 15 is 0 Å². The number of hydrogen-bond donors (Lipinski definition) is 2. The summed E-state index contributed by atoms with van der Waals surface area (Å²) in [6.45, 7) is 4.62. The predicted octanol–water partition coefficient (Wildman–Crippen LogP) is 5.36. The third-order valence-electron chi connectivity index (χ3n) is 9.92. The summed E-state index contributed by atoms with van der Waals surface area (Å²) in [5.41, 5.74) is 0.365. The van der Waals surface area contributed by atoms with Crippen molar-refractivity contribution < 1.29 is 19.8 Å². The van der Waals surface area contributed by atoms with Crippen LogP contribution < -0.4 is 0 Å². The van der Waals surface area contributed by atoms with Gasteiger partial charge in [0.05, 0.1) is 5.60 Å². The maximum Gasteiger partial charge on any atom is 0.303 e. The Balaban J connectivity index is 1.68. The fraction of sp³-hybridized carbons (Fsp3) is 0.840. The molecule has 0 aromatic carbocycles. The Morgan fingerprint density at radius 1 is 1.20 bits per heavy atom. The summed E-state index contributed by atoms with van der Waals surface area (Å²) >= 11 is 6.07. The zero-order valence-electron chi connectivity index (χ0n) is 18.5. The van der Waals surface area contributed by atoms with Crippen molar-refractivity contribution in [3.05, 3.63) is 11.6 Å². The number of rotatable bonds is 6. The van der Waals surface area contributed by atoms with Crippen molar-refractivity contribution in [3.8, 4) is 0 Å². The van der Waals surface area contributed by atoms with E-state index in [0.717, 1.165) is 44.9 Å². The molecule has 3 fully saturated rings. The predicted molar refractivity (Wildman–Crippen MR) is 117 cm³/mol. The molecule has 168 valence electrons. The summed E-state index contributed by atoms with van der Waals surface area (Å²) in [7, 11) is 0. The molecule has 4 aliphatic rings. The van der Waals surface area contributed by atoms with Crippen molar-refractivity contribution in [2.75, 3.05) is 5.88 Å². The summed E-state index contributed by atoms with van der Waals surface area (Å²) in [6, 6.07) is 0. The van der Waals surface area contributed by atoms with Crippen molar-refractivity contribution in [1.82, 2.24) is 0 Å². The van der Waals surface area contributed by atoms with E-state index in [9.17, 15) is 19.8 Å². The van der Waals surface area contributed by atoms with Crippen molar-refractivity contribution in [2.45, 2.75) is 90.1 Å². The largest absolute Gasteiger partial charge is 0.481 e. The molecular formula is C25H37ClO4. The number of allylic oxidation sites excluding steroid dienone is 1. The third-order valence-corrected chi connectivity index (χ3v) is 10.2. The first kappa shape index (κ1) is 22.3. The molecule has 0 aromatic heterocycles. The van der Waals surface area contributed by atoms with E-state index < -0.39 is 11.6 Å². The van der Waals surface area contributed by atoms with Crippen LogP contribution in [0.2, 0.25) is 0 Å². The van der Waals surface area contributed by atoms with E-state index in [1.807, 2.05) is 6.08 Å². The Morgan fingerprint density at radius 2 is 1.93 bits per heavy atom. The zero-order chi connectivity index (χ0) is 21.7. The molecule has 4 aliphatic carbocycles. The van der Waals surface area contributed by atoms with Crippen LogP contribution in [0.4, 0.5) is 0 Å². The first-order chi connectivity index (χ1) is 14.1. The fourth-order valence-corrected chi connectivity index (χ4v) is 8.33. The standard InChI is InChI=1S/C25H37ClO4/c1-23-9-5-18(27)15-17(23)14-16(4-3-13-26)22-19(23)6-10-24(2)20(22)7-11-25(24,30)12-8-21(28)29/h15-16,19-20,22,30H,3-14H2,1-2H3,(H,28,29)/t16-,19+,20+,22-,23+,24+,25-/m1/s1. The summed E-state index contributed by atoms with van der Waals surface area (Å²) < 4.78 is 0. The van der Waals surface area contributed by atoms with Crippen molar-refractivity contribution >= 4 is 23.4 Å². The molecule has 2 N–H and O–H groups in total. The second-order valence-electron chi connectivity index (χ2n) is 11.1. The van der Waals surface area contributed by atoms with E-state index in [2.05, 4.69) is 13.8 Å². The lowest BCUT2D eigenvalue weighted by Crippen LogP contribution is -2.57. The Labute approximate surface area is 185 Å².